The Labute approximate surface area is 130 Å². The number of methoxy groups -OCH3 is 1. The van der Waals surface area contributed by atoms with Crippen molar-refractivity contribution in [2.24, 2.45) is 5.92 Å². The molecule has 0 spiro atoms. The van der Waals surface area contributed by atoms with Crippen molar-refractivity contribution in [3.63, 3.8) is 0 Å². The molecule has 1 aliphatic heterocycles. The van der Waals surface area contributed by atoms with Crippen LogP contribution in [-0.4, -0.2) is 34.7 Å². The molecule has 0 bridgehead atoms. The number of imidazole rings is 1. The molecule has 0 amide bonds. The van der Waals surface area contributed by atoms with E-state index in [4.69, 9.17) is 10.00 Å². The van der Waals surface area contributed by atoms with E-state index < -0.39 is 0 Å². The van der Waals surface area contributed by atoms with E-state index in [1.165, 1.54) is 0 Å². The van der Waals surface area contributed by atoms with Crippen molar-refractivity contribution in [1.29, 1.82) is 5.26 Å². The standard InChI is InChI=1S/C17H20N4O/c1-22-13-16-10-20(12-17-19-5-6-21(17)11-16)9-15-4-2-3-14(7-15)8-18/h2-7,16H,9-13H2,1H3/t16-/m0/s1. The minimum absolute atomic E-state index is 0.444. The molecule has 1 aliphatic rings. The van der Waals surface area contributed by atoms with Crippen molar-refractivity contribution in [2.45, 2.75) is 19.6 Å². The normalized spacial score (nSPS) is 18.5. The number of aromatic nitrogens is 2. The third kappa shape index (κ3) is 3.35. The Kier molecular flexibility index (Phi) is 4.52. The van der Waals surface area contributed by atoms with Crippen molar-refractivity contribution in [2.75, 3.05) is 20.3 Å². The van der Waals surface area contributed by atoms with Crippen molar-refractivity contribution in [3.8, 4) is 6.07 Å². The smallest absolute Gasteiger partial charge is 0.122 e. The fourth-order valence-electron chi connectivity index (χ4n) is 3.08. The van der Waals surface area contributed by atoms with Crippen LogP contribution in [0.2, 0.25) is 0 Å². The molecule has 1 atom stereocenters. The van der Waals surface area contributed by atoms with Gasteiger partial charge in [0, 0.05) is 45.1 Å². The van der Waals surface area contributed by atoms with Gasteiger partial charge in [0.15, 0.2) is 0 Å². The Bertz CT molecular complexity index is 673. The fourth-order valence-corrected chi connectivity index (χ4v) is 3.08. The van der Waals surface area contributed by atoms with Gasteiger partial charge in [-0.05, 0) is 17.7 Å². The van der Waals surface area contributed by atoms with Gasteiger partial charge in [0.2, 0.25) is 0 Å². The van der Waals surface area contributed by atoms with Gasteiger partial charge in [0.05, 0.1) is 24.8 Å². The van der Waals surface area contributed by atoms with Crippen molar-refractivity contribution >= 4 is 0 Å². The topological polar surface area (TPSA) is 54.1 Å². The summed E-state index contributed by atoms with van der Waals surface area (Å²) in [6, 6.07) is 10.0. The van der Waals surface area contributed by atoms with E-state index in [9.17, 15) is 0 Å². The van der Waals surface area contributed by atoms with Crippen LogP contribution in [0.1, 0.15) is 17.0 Å². The molecule has 2 aromatic rings. The van der Waals surface area contributed by atoms with Gasteiger partial charge in [-0.15, -0.1) is 0 Å². The first-order chi connectivity index (χ1) is 10.8. The molecule has 1 aromatic carbocycles. The number of ether oxygens (including phenoxy) is 1. The molecule has 5 heteroatoms. The van der Waals surface area contributed by atoms with Gasteiger partial charge in [0.1, 0.15) is 5.82 Å². The van der Waals surface area contributed by atoms with E-state index in [1.54, 1.807) is 7.11 Å². The zero-order valence-electron chi connectivity index (χ0n) is 12.8. The lowest BCUT2D eigenvalue weighted by Crippen LogP contribution is -2.29. The number of hydrogen-bond acceptors (Lipinski definition) is 4. The highest BCUT2D eigenvalue weighted by atomic mass is 16.5. The van der Waals surface area contributed by atoms with E-state index in [1.807, 2.05) is 30.6 Å². The molecule has 0 fully saturated rings. The third-order valence-corrected chi connectivity index (χ3v) is 4.00. The minimum atomic E-state index is 0.444. The Balaban J connectivity index is 1.78. The molecule has 2 heterocycles. The lowest BCUT2D eigenvalue weighted by molar-refractivity contribution is 0.115. The van der Waals surface area contributed by atoms with Crippen LogP contribution in [0.3, 0.4) is 0 Å². The first-order valence-electron chi connectivity index (χ1n) is 7.49. The highest BCUT2D eigenvalue weighted by Crippen LogP contribution is 2.18. The minimum Gasteiger partial charge on any atom is -0.384 e. The Morgan fingerprint density at radius 1 is 1.41 bits per heavy atom. The van der Waals surface area contributed by atoms with Crippen LogP contribution in [0.15, 0.2) is 36.7 Å². The lowest BCUT2D eigenvalue weighted by atomic mass is 10.1. The molecular formula is C17H20N4O. The molecule has 1 aromatic heterocycles. The number of rotatable bonds is 4. The maximum absolute atomic E-state index is 9.03. The molecule has 0 radical (unpaired) electrons. The monoisotopic (exact) mass is 296 g/mol. The summed E-state index contributed by atoms with van der Waals surface area (Å²) in [5.74, 6) is 1.54. The van der Waals surface area contributed by atoms with E-state index >= 15 is 0 Å². The van der Waals surface area contributed by atoms with Gasteiger partial charge in [0.25, 0.3) is 0 Å². The van der Waals surface area contributed by atoms with Crippen LogP contribution in [0.25, 0.3) is 0 Å². The highest BCUT2D eigenvalue weighted by molar-refractivity contribution is 5.32. The summed E-state index contributed by atoms with van der Waals surface area (Å²) in [5.41, 5.74) is 1.87. The van der Waals surface area contributed by atoms with Gasteiger partial charge in [-0.1, -0.05) is 12.1 Å². The molecule has 0 saturated carbocycles. The predicted molar refractivity (Wildman–Crippen MR) is 82.9 cm³/mol. The summed E-state index contributed by atoms with van der Waals surface area (Å²) in [5, 5.41) is 9.03. The van der Waals surface area contributed by atoms with Gasteiger partial charge in [-0.2, -0.15) is 5.26 Å². The van der Waals surface area contributed by atoms with E-state index in [0.717, 1.165) is 44.2 Å². The number of fused-ring (bicyclic) bond motifs is 1. The number of nitriles is 1. The number of hydrogen-bond donors (Lipinski definition) is 0. The maximum Gasteiger partial charge on any atom is 0.122 e. The quantitative estimate of drug-likeness (QED) is 0.866. The number of nitrogens with zero attached hydrogens (tertiary/aromatic N) is 4. The first kappa shape index (κ1) is 14.8. The molecule has 0 aliphatic carbocycles. The summed E-state index contributed by atoms with van der Waals surface area (Å²) in [7, 11) is 1.75. The van der Waals surface area contributed by atoms with Gasteiger partial charge >= 0.3 is 0 Å². The zero-order valence-corrected chi connectivity index (χ0v) is 12.8. The maximum atomic E-state index is 9.03. The van der Waals surface area contributed by atoms with Crippen LogP contribution in [0.5, 0.6) is 0 Å². The SMILES string of the molecule is COC[C@H]1CN(Cc2cccc(C#N)c2)Cc2nccn2C1. The third-order valence-electron chi connectivity index (χ3n) is 4.00. The summed E-state index contributed by atoms with van der Waals surface area (Å²) in [6.07, 6.45) is 3.90. The van der Waals surface area contributed by atoms with Crippen LogP contribution in [0, 0.1) is 17.2 Å². The van der Waals surface area contributed by atoms with Crippen molar-refractivity contribution in [1.82, 2.24) is 14.5 Å². The molecule has 0 unspecified atom stereocenters. The summed E-state index contributed by atoms with van der Waals surface area (Å²) in [4.78, 5) is 6.85. The van der Waals surface area contributed by atoms with Crippen LogP contribution in [-0.2, 0) is 24.4 Å². The predicted octanol–water partition coefficient (Wildman–Crippen LogP) is 2.03. The molecule has 0 saturated heterocycles. The number of benzene rings is 1. The zero-order chi connectivity index (χ0) is 15.4. The average Bonchev–Trinajstić information content (AvgIpc) is 2.88. The van der Waals surface area contributed by atoms with Gasteiger partial charge < -0.3 is 9.30 Å². The molecule has 5 nitrogen and oxygen atoms in total. The van der Waals surface area contributed by atoms with Crippen LogP contribution < -0.4 is 0 Å². The summed E-state index contributed by atoms with van der Waals surface area (Å²) >= 11 is 0. The Morgan fingerprint density at radius 3 is 3.14 bits per heavy atom. The van der Waals surface area contributed by atoms with E-state index in [0.29, 0.717) is 11.5 Å². The Morgan fingerprint density at radius 2 is 2.32 bits per heavy atom. The Hall–Kier alpha value is -2.16. The van der Waals surface area contributed by atoms with E-state index in [2.05, 4.69) is 26.6 Å². The largest absolute Gasteiger partial charge is 0.384 e. The van der Waals surface area contributed by atoms with Crippen LogP contribution >= 0.6 is 0 Å². The average molecular weight is 296 g/mol. The second-order valence-electron chi connectivity index (χ2n) is 5.80. The second-order valence-corrected chi connectivity index (χ2v) is 5.80. The summed E-state index contributed by atoms with van der Waals surface area (Å²) in [6.45, 7) is 4.30. The molecule has 22 heavy (non-hydrogen) atoms. The van der Waals surface area contributed by atoms with Crippen molar-refractivity contribution in [3.05, 3.63) is 53.6 Å². The molecule has 3 rings (SSSR count). The molecular weight excluding hydrogens is 276 g/mol. The van der Waals surface area contributed by atoms with Gasteiger partial charge in [-0.3, -0.25) is 4.90 Å². The lowest BCUT2D eigenvalue weighted by Gasteiger charge is -2.23. The second kappa shape index (κ2) is 6.73. The van der Waals surface area contributed by atoms with E-state index in [-0.39, 0.29) is 0 Å². The summed E-state index contributed by atoms with van der Waals surface area (Å²) < 4.78 is 7.58. The first-order valence-corrected chi connectivity index (χ1v) is 7.49. The van der Waals surface area contributed by atoms with Crippen LogP contribution in [0.4, 0.5) is 0 Å². The van der Waals surface area contributed by atoms with Crippen molar-refractivity contribution < 1.29 is 4.74 Å². The molecule has 0 N–H and O–H groups in total. The highest BCUT2D eigenvalue weighted by Gasteiger charge is 2.22. The molecule has 114 valence electrons. The fraction of sp³-hybridized carbons (Fsp3) is 0.412. The van der Waals surface area contributed by atoms with Gasteiger partial charge in [-0.25, -0.2) is 4.98 Å².